The van der Waals surface area contributed by atoms with Crippen LogP contribution in [0.4, 0.5) is 0 Å². The number of nitrogens with zero attached hydrogens (tertiary/aromatic N) is 2. The van der Waals surface area contributed by atoms with Crippen molar-refractivity contribution >= 4 is 5.91 Å². The zero-order valence-electron chi connectivity index (χ0n) is 18.9. The summed E-state index contributed by atoms with van der Waals surface area (Å²) in [6.45, 7) is 0.775. The summed E-state index contributed by atoms with van der Waals surface area (Å²) in [5, 5.41) is 0. The van der Waals surface area contributed by atoms with Crippen molar-refractivity contribution in [3.05, 3.63) is 96.1 Å². The largest absolute Gasteiger partial charge is 0.335 e. The maximum Gasteiger partial charge on any atom is 0.254 e. The summed E-state index contributed by atoms with van der Waals surface area (Å²) in [6.07, 6.45) is 5.62. The smallest absolute Gasteiger partial charge is 0.254 e. The molecule has 2 heterocycles. The molecule has 0 aliphatic carbocycles. The molecule has 2 fully saturated rings. The fraction of sp³-hybridized carbons (Fsp3) is 0.345. The van der Waals surface area contributed by atoms with E-state index in [2.05, 4.69) is 71.4 Å². The average Bonchev–Trinajstić information content (AvgIpc) is 3.05. The lowest BCUT2D eigenvalue weighted by Crippen LogP contribution is -2.51. The van der Waals surface area contributed by atoms with Gasteiger partial charge in [-0.25, -0.2) is 0 Å². The molecule has 2 aliphatic heterocycles. The zero-order chi connectivity index (χ0) is 21.9. The molecule has 3 nitrogen and oxygen atoms in total. The van der Waals surface area contributed by atoms with Gasteiger partial charge in [0.15, 0.2) is 0 Å². The molecular formula is C29H32N2O. The molecule has 0 spiro atoms. The number of hydrogen-bond acceptors (Lipinski definition) is 2. The number of amides is 1. The molecule has 0 aromatic heterocycles. The molecule has 2 saturated heterocycles. The Kier molecular flexibility index (Phi) is 6.09. The molecule has 1 amide bonds. The topological polar surface area (TPSA) is 23.6 Å². The van der Waals surface area contributed by atoms with Crippen LogP contribution in [0.3, 0.4) is 0 Å². The Morgan fingerprint density at radius 2 is 1.38 bits per heavy atom. The van der Waals surface area contributed by atoms with Crippen LogP contribution in [-0.4, -0.2) is 47.4 Å². The summed E-state index contributed by atoms with van der Waals surface area (Å²) in [5.74, 6) is 0.175. The quantitative estimate of drug-likeness (QED) is 0.509. The predicted molar refractivity (Wildman–Crippen MR) is 131 cm³/mol. The minimum Gasteiger partial charge on any atom is -0.335 e. The van der Waals surface area contributed by atoms with Gasteiger partial charge in [-0.1, -0.05) is 72.8 Å². The van der Waals surface area contributed by atoms with Gasteiger partial charge in [0.05, 0.1) is 0 Å². The van der Waals surface area contributed by atoms with Gasteiger partial charge in [-0.05, 0) is 68.0 Å². The molecule has 2 unspecified atom stereocenters. The van der Waals surface area contributed by atoms with Gasteiger partial charge in [-0.15, -0.1) is 0 Å². The van der Waals surface area contributed by atoms with E-state index in [1.165, 1.54) is 24.0 Å². The van der Waals surface area contributed by atoms with E-state index in [0.717, 1.165) is 36.9 Å². The molecule has 2 bridgehead atoms. The van der Waals surface area contributed by atoms with E-state index in [1.807, 2.05) is 30.3 Å². The van der Waals surface area contributed by atoms with E-state index in [9.17, 15) is 4.79 Å². The van der Waals surface area contributed by atoms with Crippen LogP contribution < -0.4 is 0 Å². The van der Waals surface area contributed by atoms with Crippen molar-refractivity contribution < 1.29 is 4.79 Å². The highest BCUT2D eigenvalue weighted by atomic mass is 16.2. The number of carbonyl (C=O) groups excluding carboxylic acids is 1. The maximum atomic E-state index is 13.7. The Morgan fingerprint density at radius 1 is 0.812 bits per heavy atom. The average molecular weight is 425 g/mol. The highest BCUT2D eigenvalue weighted by molar-refractivity contribution is 5.95. The third kappa shape index (κ3) is 4.35. The van der Waals surface area contributed by atoms with Gasteiger partial charge in [0.2, 0.25) is 0 Å². The summed E-state index contributed by atoms with van der Waals surface area (Å²) in [5.41, 5.74) is 4.42. The number of rotatable bonds is 6. The second-order valence-corrected chi connectivity index (χ2v) is 9.35. The third-order valence-electron chi connectivity index (χ3n) is 7.50. The predicted octanol–water partition coefficient (Wildman–Crippen LogP) is 5.66. The highest BCUT2D eigenvalue weighted by Crippen LogP contribution is 2.37. The lowest BCUT2D eigenvalue weighted by molar-refractivity contribution is 0.0488. The number of piperidine rings is 1. The van der Waals surface area contributed by atoms with Crippen LogP contribution in [0.5, 0.6) is 0 Å². The summed E-state index contributed by atoms with van der Waals surface area (Å²) in [6, 6.07) is 30.6. The van der Waals surface area contributed by atoms with E-state index in [-0.39, 0.29) is 5.91 Å². The van der Waals surface area contributed by atoms with E-state index < -0.39 is 0 Å². The molecule has 32 heavy (non-hydrogen) atoms. The molecule has 2 aliphatic rings. The summed E-state index contributed by atoms with van der Waals surface area (Å²) >= 11 is 0. The second kappa shape index (κ2) is 9.30. The van der Waals surface area contributed by atoms with Crippen LogP contribution in [0.25, 0.3) is 11.1 Å². The zero-order valence-corrected chi connectivity index (χ0v) is 18.9. The van der Waals surface area contributed by atoms with Crippen LogP contribution in [-0.2, 0) is 6.42 Å². The monoisotopic (exact) mass is 424 g/mol. The summed E-state index contributed by atoms with van der Waals surface area (Å²) in [7, 11) is 2.26. The minimum absolute atomic E-state index is 0.175. The minimum atomic E-state index is 0.175. The van der Waals surface area contributed by atoms with Crippen molar-refractivity contribution in [2.24, 2.45) is 0 Å². The first-order valence-corrected chi connectivity index (χ1v) is 11.9. The van der Waals surface area contributed by atoms with E-state index >= 15 is 0 Å². The first-order chi connectivity index (χ1) is 15.7. The van der Waals surface area contributed by atoms with E-state index in [1.54, 1.807) is 0 Å². The third-order valence-corrected chi connectivity index (χ3v) is 7.50. The number of carbonyl (C=O) groups is 1. The van der Waals surface area contributed by atoms with Gasteiger partial charge >= 0.3 is 0 Å². The highest BCUT2D eigenvalue weighted by Gasteiger charge is 2.41. The molecule has 2 atom stereocenters. The number of hydrogen-bond donors (Lipinski definition) is 0. The van der Waals surface area contributed by atoms with E-state index in [0.29, 0.717) is 18.1 Å². The van der Waals surface area contributed by atoms with Gasteiger partial charge in [0.1, 0.15) is 0 Å². The van der Waals surface area contributed by atoms with Gasteiger partial charge in [-0.3, -0.25) is 4.79 Å². The maximum absolute atomic E-state index is 13.7. The van der Waals surface area contributed by atoms with Crippen LogP contribution >= 0.6 is 0 Å². The van der Waals surface area contributed by atoms with Gasteiger partial charge in [0, 0.05) is 30.2 Å². The molecule has 5 rings (SSSR count). The Morgan fingerprint density at radius 3 is 2.00 bits per heavy atom. The second-order valence-electron chi connectivity index (χ2n) is 9.35. The molecule has 3 aromatic carbocycles. The van der Waals surface area contributed by atoms with Crippen molar-refractivity contribution in [2.45, 2.75) is 50.2 Å². The van der Waals surface area contributed by atoms with Crippen molar-refractivity contribution in [2.75, 3.05) is 13.6 Å². The van der Waals surface area contributed by atoms with Gasteiger partial charge in [-0.2, -0.15) is 0 Å². The Bertz CT molecular complexity index is 1020. The van der Waals surface area contributed by atoms with Crippen LogP contribution in [0, 0.1) is 0 Å². The number of benzene rings is 3. The lowest BCUT2D eigenvalue weighted by atomic mass is 9.95. The Labute approximate surface area is 191 Å². The van der Waals surface area contributed by atoms with Crippen molar-refractivity contribution in [1.29, 1.82) is 0 Å². The van der Waals surface area contributed by atoms with Crippen molar-refractivity contribution in [1.82, 2.24) is 9.80 Å². The molecule has 0 saturated carbocycles. The van der Waals surface area contributed by atoms with Crippen molar-refractivity contribution in [3.63, 3.8) is 0 Å². The van der Waals surface area contributed by atoms with Crippen LogP contribution in [0.1, 0.15) is 41.6 Å². The first-order valence-electron chi connectivity index (χ1n) is 11.9. The standard InChI is InChI=1S/C29H32N2O/c1-30-26-16-17-27(30)21-28(20-26)31(19-18-22-8-4-2-5-9-22)29(32)25-14-12-24(13-15-25)23-10-6-3-7-11-23/h2-15,26-28H,16-21H2,1H3. The molecule has 164 valence electrons. The first kappa shape index (κ1) is 21.0. The lowest BCUT2D eigenvalue weighted by Gasteiger charge is -2.42. The SMILES string of the molecule is CN1C2CCC1CC(N(CCc1ccccc1)C(=O)c1ccc(-c3ccccc3)cc1)C2. The van der Waals surface area contributed by atoms with Gasteiger partial charge in [0.25, 0.3) is 5.91 Å². The summed E-state index contributed by atoms with van der Waals surface area (Å²) < 4.78 is 0. The number of fused-ring (bicyclic) bond motifs is 2. The fourth-order valence-electron chi connectivity index (χ4n) is 5.58. The molecule has 0 N–H and O–H groups in total. The molecular weight excluding hydrogens is 392 g/mol. The molecule has 3 heteroatoms. The Hall–Kier alpha value is -2.91. The Balaban J connectivity index is 1.37. The van der Waals surface area contributed by atoms with E-state index in [4.69, 9.17) is 0 Å². The van der Waals surface area contributed by atoms with Crippen LogP contribution in [0.2, 0.25) is 0 Å². The fourth-order valence-corrected chi connectivity index (χ4v) is 5.58. The van der Waals surface area contributed by atoms with Crippen LogP contribution in [0.15, 0.2) is 84.9 Å². The van der Waals surface area contributed by atoms with Gasteiger partial charge < -0.3 is 9.80 Å². The molecule has 0 radical (unpaired) electrons. The summed E-state index contributed by atoms with van der Waals surface area (Å²) in [4.78, 5) is 18.5. The normalized spacial score (nSPS) is 22.6. The van der Waals surface area contributed by atoms with Crippen molar-refractivity contribution in [3.8, 4) is 11.1 Å². The molecule has 3 aromatic rings.